The van der Waals surface area contributed by atoms with Crippen molar-refractivity contribution in [2.75, 3.05) is 39.3 Å². The minimum absolute atomic E-state index is 0.205. The molecule has 0 radical (unpaired) electrons. The molecular formula is C17H24N2O5S. The number of esters is 1. The highest BCUT2D eigenvalue weighted by atomic mass is 32.2. The fourth-order valence-electron chi connectivity index (χ4n) is 1.75. The van der Waals surface area contributed by atoms with E-state index >= 15 is 0 Å². The van der Waals surface area contributed by atoms with Crippen LogP contribution in [0.2, 0.25) is 0 Å². The molecule has 0 saturated heterocycles. The molecule has 1 rings (SSSR count). The first kappa shape index (κ1) is 20.8. The molecule has 7 nitrogen and oxygen atoms in total. The van der Waals surface area contributed by atoms with Gasteiger partial charge in [-0.1, -0.05) is 18.2 Å². The number of likely N-dealkylation sites (N-methyl/N-ethyl adjacent to an activating group) is 1. The zero-order valence-corrected chi connectivity index (χ0v) is 15.5. The van der Waals surface area contributed by atoms with Crippen molar-refractivity contribution in [3.8, 4) is 5.75 Å². The van der Waals surface area contributed by atoms with Gasteiger partial charge in [0.15, 0.2) is 13.2 Å². The number of nitrogens with zero attached hydrogens (tertiary/aromatic N) is 1. The maximum atomic E-state index is 12.1. The van der Waals surface area contributed by atoms with Crippen molar-refractivity contribution in [1.82, 2.24) is 10.2 Å². The summed E-state index contributed by atoms with van der Waals surface area (Å²) in [6.45, 7) is -0.554. The maximum absolute atomic E-state index is 12.1. The lowest BCUT2D eigenvalue weighted by molar-refractivity contribution is -0.153. The Hall–Kier alpha value is -2.22. The van der Waals surface area contributed by atoms with E-state index in [0.717, 1.165) is 0 Å². The average Bonchev–Trinajstić information content (AvgIpc) is 2.61. The Morgan fingerprint density at radius 2 is 1.84 bits per heavy atom. The van der Waals surface area contributed by atoms with Gasteiger partial charge in [-0.25, -0.2) is 4.79 Å². The third kappa shape index (κ3) is 8.44. The monoisotopic (exact) mass is 368 g/mol. The molecule has 1 aromatic carbocycles. The number of carbonyl (C=O) groups is 3. The Balaban J connectivity index is 2.51. The highest BCUT2D eigenvalue weighted by Crippen LogP contribution is 2.08. The van der Waals surface area contributed by atoms with Crippen LogP contribution in [0.15, 0.2) is 30.3 Å². The minimum Gasteiger partial charge on any atom is -0.484 e. The van der Waals surface area contributed by atoms with Gasteiger partial charge in [0.1, 0.15) is 11.8 Å². The fraction of sp³-hybridized carbons (Fsp3) is 0.471. The number of nitrogens with one attached hydrogen (secondary N) is 1. The molecule has 1 N–H and O–H groups in total. The van der Waals surface area contributed by atoms with Crippen LogP contribution in [-0.4, -0.2) is 68.0 Å². The topological polar surface area (TPSA) is 84.9 Å². The van der Waals surface area contributed by atoms with Crippen LogP contribution in [0.5, 0.6) is 5.75 Å². The first-order chi connectivity index (χ1) is 11.9. The van der Waals surface area contributed by atoms with Crippen molar-refractivity contribution in [1.29, 1.82) is 0 Å². The van der Waals surface area contributed by atoms with Crippen molar-refractivity contribution in [3.05, 3.63) is 30.3 Å². The lowest BCUT2D eigenvalue weighted by Crippen LogP contribution is -2.45. The molecule has 1 aromatic rings. The van der Waals surface area contributed by atoms with Crippen molar-refractivity contribution >= 4 is 29.5 Å². The molecule has 0 aliphatic rings. The zero-order chi connectivity index (χ0) is 18.7. The minimum atomic E-state index is -0.811. The van der Waals surface area contributed by atoms with E-state index in [4.69, 9.17) is 9.47 Å². The Morgan fingerprint density at radius 1 is 1.16 bits per heavy atom. The SMILES string of the molecule is CSCC[C@H](NC(=O)COc1ccccc1)C(=O)OCC(=O)N(C)C. The Kier molecular flexibility index (Phi) is 9.46. The zero-order valence-electron chi connectivity index (χ0n) is 14.7. The number of thioether (sulfide) groups is 1. The predicted molar refractivity (Wildman–Crippen MR) is 96.5 cm³/mol. The Labute approximate surface area is 152 Å². The summed E-state index contributed by atoms with van der Waals surface area (Å²) >= 11 is 1.55. The second-order valence-electron chi connectivity index (χ2n) is 5.40. The van der Waals surface area contributed by atoms with Gasteiger partial charge in [0, 0.05) is 14.1 Å². The summed E-state index contributed by atoms with van der Waals surface area (Å²) in [6.07, 6.45) is 2.31. The smallest absolute Gasteiger partial charge is 0.329 e. The van der Waals surface area contributed by atoms with Gasteiger partial charge in [-0.05, 0) is 30.6 Å². The third-order valence-electron chi connectivity index (χ3n) is 3.18. The summed E-state index contributed by atoms with van der Waals surface area (Å²) in [5, 5.41) is 2.60. The lowest BCUT2D eigenvalue weighted by atomic mass is 10.2. The fourth-order valence-corrected chi connectivity index (χ4v) is 2.22. The summed E-state index contributed by atoms with van der Waals surface area (Å²) in [4.78, 5) is 37.0. The number of ether oxygens (including phenoxy) is 2. The number of hydrogen-bond donors (Lipinski definition) is 1. The van der Waals surface area contributed by atoms with Gasteiger partial charge in [-0.3, -0.25) is 9.59 Å². The van der Waals surface area contributed by atoms with Crippen molar-refractivity contribution < 1.29 is 23.9 Å². The molecule has 0 aliphatic heterocycles. The summed E-state index contributed by atoms with van der Waals surface area (Å²) < 4.78 is 10.3. The quantitative estimate of drug-likeness (QED) is 0.619. The van der Waals surface area contributed by atoms with Crippen LogP contribution in [0.3, 0.4) is 0 Å². The van der Waals surface area contributed by atoms with E-state index in [0.29, 0.717) is 17.9 Å². The van der Waals surface area contributed by atoms with Crippen molar-refractivity contribution in [2.45, 2.75) is 12.5 Å². The van der Waals surface area contributed by atoms with Gasteiger partial charge in [0.2, 0.25) is 0 Å². The maximum Gasteiger partial charge on any atom is 0.329 e. The third-order valence-corrected chi connectivity index (χ3v) is 3.82. The number of para-hydroxylation sites is 1. The largest absolute Gasteiger partial charge is 0.484 e. The number of carbonyl (C=O) groups excluding carboxylic acids is 3. The Bertz CT molecular complexity index is 565. The van der Waals surface area contributed by atoms with E-state index < -0.39 is 17.9 Å². The number of rotatable bonds is 10. The van der Waals surface area contributed by atoms with Crippen LogP contribution in [0, 0.1) is 0 Å². The average molecular weight is 368 g/mol. The molecule has 0 aromatic heterocycles. The van der Waals surface area contributed by atoms with Gasteiger partial charge in [-0.2, -0.15) is 11.8 Å². The Morgan fingerprint density at radius 3 is 2.44 bits per heavy atom. The number of hydrogen-bond acceptors (Lipinski definition) is 6. The van der Waals surface area contributed by atoms with E-state index in [-0.39, 0.29) is 19.1 Å². The second-order valence-corrected chi connectivity index (χ2v) is 6.38. The highest BCUT2D eigenvalue weighted by Gasteiger charge is 2.23. The summed E-state index contributed by atoms with van der Waals surface area (Å²) in [6, 6.07) is 8.10. The summed E-state index contributed by atoms with van der Waals surface area (Å²) in [5.41, 5.74) is 0. The molecule has 0 bridgehead atoms. The van der Waals surface area contributed by atoms with Gasteiger partial charge >= 0.3 is 5.97 Å². The van der Waals surface area contributed by atoms with E-state index in [2.05, 4.69) is 5.32 Å². The molecule has 0 fully saturated rings. The second kappa shape index (κ2) is 11.4. The van der Waals surface area contributed by atoms with E-state index in [1.807, 2.05) is 12.3 Å². The van der Waals surface area contributed by atoms with Crippen LogP contribution in [0.25, 0.3) is 0 Å². The molecule has 0 saturated carbocycles. The first-order valence-corrected chi connectivity index (χ1v) is 9.16. The van der Waals surface area contributed by atoms with E-state index in [1.165, 1.54) is 4.90 Å². The number of amides is 2. The van der Waals surface area contributed by atoms with E-state index in [9.17, 15) is 14.4 Å². The molecule has 1 atom stereocenters. The first-order valence-electron chi connectivity index (χ1n) is 7.77. The van der Waals surface area contributed by atoms with Gasteiger partial charge < -0.3 is 19.7 Å². The van der Waals surface area contributed by atoms with Gasteiger partial charge in [0.25, 0.3) is 11.8 Å². The van der Waals surface area contributed by atoms with Crippen LogP contribution in [0.1, 0.15) is 6.42 Å². The highest BCUT2D eigenvalue weighted by molar-refractivity contribution is 7.98. The molecule has 8 heteroatoms. The molecule has 25 heavy (non-hydrogen) atoms. The van der Waals surface area contributed by atoms with Crippen LogP contribution in [-0.2, 0) is 19.1 Å². The van der Waals surface area contributed by atoms with Crippen LogP contribution >= 0.6 is 11.8 Å². The predicted octanol–water partition coefficient (Wildman–Crippen LogP) is 0.935. The molecule has 138 valence electrons. The van der Waals surface area contributed by atoms with Gasteiger partial charge in [-0.15, -0.1) is 0 Å². The summed E-state index contributed by atoms with van der Waals surface area (Å²) in [7, 11) is 3.15. The number of benzene rings is 1. The summed E-state index contributed by atoms with van der Waals surface area (Å²) in [5.74, 6) is -0.141. The van der Waals surface area contributed by atoms with Crippen LogP contribution in [0.4, 0.5) is 0 Å². The van der Waals surface area contributed by atoms with Gasteiger partial charge in [0.05, 0.1) is 0 Å². The molecule has 2 amide bonds. The molecule has 0 heterocycles. The molecular weight excluding hydrogens is 344 g/mol. The molecule has 0 unspecified atom stereocenters. The van der Waals surface area contributed by atoms with E-state index in [1.54, 1.807) is 50.1 Å². The normalized spacial score (nSPS) is 11.3. The lowest BCUT2D eigenvalue weighted by Gasteiger charge is -2.18. The molecule has 0 aliphatic carbocycles. The van der Waals surface area contributed by atoms with Crippen LogP contribution < -0.4 is 10.1 Å². The van der Waals surface area contributed by atoms with Crippen molar-refractivity contribution in [2.24, 2.45) is 0 Å². The van der Waals surface area contributed by atoms with Crippen molar-refractivity contribution in [3.63, 3.8) is 0 Å². The molecule has 0 spiro atoms. The standard InChI is InChI=1S/C17H24N2O5S/c1-19(2)16(21)12-24-17(22)14(9-10-25-3)18-15(20)11-23-13-7-5-4-6-8-13/h4-8,14H,9-12H2,1-3H3,(H,18,20)/t14-/m0/s1.